The minimum Gasteiger partial charge on any atom is -0.493 e. The highest BCUT2D eigenvalue weighted by atomic mass is 16.5. The second-order valence-corrected chi connectivity index (χ2v) is 5.85. The van der Waals surface area contributed by atoms with Gasteiger partial charge in [0.25, 0.3) is 6.47 Å². The van der Waals surface area contributed by atoms with E-state index in [1.54, 1.807) is 12.1 Å². The zero-order valence-corrected chi connectivity index (χ0v) is 16.7. The molecule has 0 saturated heterocycles. The minimum atomic E-state index is -0.754. The molecule has 0 N–H and O–H groups in total. The zero-order chi connectivity index (χ0) is 22.6. The highest BCUT2D eigenvalue weighted by Gasteiger charge is 2.17. The molecule has 0 fully saturated rings. The molecule has 162 valence electrons. The molecular formula is C22H20O9. The minimum absolute atomic E-state index is 0.0255. The third-order valence-corrected chi connectivity index (χ3v) is 3.80. The number of benzene rings is 2. The van der Waals surface area contributed by atoms with Gasteiger partial charge in [-0.15, -0.1) is 0 Å². The maximum atomic E-state index is 12.4. The van der Waals surface area contributed by atoms with E-state index in [4.69, 9.17) is 18.9 Å². The lowest BCUT2D eigenvalue weighted by molar-refractivity contribution is -0.138. The number of methoxy groups -OCH3 is 1. The standard InChI is InChI=1S/C22H20O9/c1-3-20(24)29-12-4-11-28-16-7-5-15(6-8-16)21(25)31-17-9-10-19(30-14-23)18(13-17)22(26)27-2/h3,5-10,13-14H,1,4,11-12H2,2H3. The van der Waals surface area contributed by atoms with Crippen LogP contribution in [0.2, 0.25) is 0 Å². The van der Waals surface area contributed by atoms with Gasteiger partial charge in [0.05, 0.1) is 25.9 Å². The second kappa shape index (κ2) is 11.8. The Morgan fingerprint density at radius 3 is 2.32 bits per heavy atom. The first-order valence-electron chi connectivity index (χ1n) is 9.05. The Kier molecular flexibility index (Phi) is 8.78. The number of hydrogen-bond acceptors (Lipinski definition) is 9. The van der Waals surface area contributed by atoms with Gasteiger partial charge < -0.3 is 23.7 Å². The Balaban J connectivity index is 1.95. The molecule has 0 heterocycles. The van der Waals surface area contributed by atoms with Crippen LogP contribution in [0.5, 0.6) is 17.2 Å². The molecule has 9 heteroatoms. The van der Waals surface area contributed by atoms with Crippen molar-refractivity contribution in [2.45, 2.75) is 6.42 Å². The van der Waals surface area contributed by atoms with Crippen LogP contribution in [-0.4, -0.2) is 44.7 Å². The van der Waals surface area contributed by atoms with Crippen LogP contribution in [0.15, 0.2) is 55.1 Å². The van der Waals surface area contributed by atoms with Crippen molar-refractivity contribution in [3.8, 4) is 17.2 Å². The van der Waals surface area contributed by atoms with Crippen LogP contribution in [0, 0.1) is 0 Å². The van der Waals surface area contributed by atoms with Crippen molar-refractivity contribution in [3.05, 3.63) is 66.2 Å². The fourth-order valence-corrected chi connectivity index (χ4v) is 2.33. The summed E-state index contributed by atoms with van der Waals surface area (Å²) in [7, 11) is 1.17. The maximum absolute atomic E-state index is 12.4. The van der Waals surface area contributed by atoms with E-state index in [-0.39, 0.29) is 35.7 Å². The molecule has 0 amide bonds. The van der Waals surface area contributed by atoms with Gasteiger partial charge in [-0.25, -0.2) is 14.4 Å². The highest BCUT2D eigenvalue weighted by Crippen LogP contribution is 2.25. The van der Waals surface area contributed by atoms with Crippen LogP contribution in [0.4, 0.5) is 0 Å². The van der Waals surface area contributed by atoms with Gasteiger partial charge in [-0.05, 0) is 42.5 Å². The van der Waals surface area contributed by atoms with Crippen molar-refractivity contribution in [3.63, 3.8) is 0 Å². The third-order valence-electron chi connectivity index (χ3n) is 3.80. The van der Waals surface area contributed by atoms with E-state index in [0.29, 0.717) is 18.8 Å². The van der Waals surface area contributed by atoms with Gasteiger partial charge in [0.2, 0.25) is 0 Å². The summed E-state index contributed by atoms with van der Waals surface area (Å²) in [5, 5.41) is 0. The van der Waals surface area contributed by atoms with Crippen LogP contribution >= 0.6 is 0 Å². The van der Waals surface area contributed by atoms with Gasteiger partial charge in [-0.1, -0.05) is 6.58 Å². The van der Waals surface area contributed by atoms with E-state index < -0.39 is 17.9 Å². The number of carbonyl (C=O) groups excluding carboxylic acids is 4. The molecule has 0 aromatic heterocycles. The van der Waals surface area contributed by atoms with E-state index in [0.717, 1.165) is 6.08 Å². The van der Waals surface area contributed by atoms with Crippen LogP contribution in [0.1, 0.15) is 27.1 Å². The fourth-order valence-electron chi connectivity index (χ4n) is 2.33. The molecule has 2 aromatic carbocycles. The molecule has 0 atom stereocenters. The van der Waals surface area contributed by atoms with Crippen molar-refractivity contribution in [1.82, 2.24) is 0 Å². The summed E-state index contributed by atoms with van der Waals surface area (Å²) >= 11 is 0. The predicted molar refractivity (Wildman–Crippen MR) is 107 cm³/mol. The van der Waals surface area contributed by atoms with Crippen LogP contribution < -0.4 is 14.2 Å². The molecule has 0 saturated carbocycles. The third kappa shape index (κ3) is 7.00. The van der Waals surface area contributed by atoms with Crippen molar-refractivity contribution in [2.24, 2.45) is 0 Å². The van der Waals surface area contributed by atoms with Gasteiger partial charge in [-0.2, -0.15) is 0 Å². The topological polar surface area (TPSA) is 114 Å². The van der Waals surface area contributed by atoms with Gasteiger partial charge in [0, 0.05) is 12.5 Å². The first-order chi connectivity index (χ1) is 15.0. The molecule has 0 bridgehead atoms. The maximum Gasteiger partial charge on any atom is 0.343 e. The van der Waals surface area contributed by atoms with E-state index in [1.807, 2.05) is 0 Å². The number of hydrogen-bond donors (Lipinski definition) is 0. The summed E-state index contributed by atoms with van der Waals surface area (Å²) < 4.78 is 25.0. The normalized spacial score (nSPS) is 9.84. The van der Waals surface area contributed by atoms with Crippen molar-refractivity contribution in [2.75, 3.05) is 20.3 Å². The van der Waals surface area contributed by atoms with Crippen molar-refractivity contribution in [1.29, 1.82) is 0 Å². The van der Waals surface area contributed by atoms with Gasteiger partial charge in [0.15, 0.2) is 0 Å². The largest absolute Gasteiger partial charge is 0.493 e. The summed E-state index contributed by atoms with van der Waals surface area (Å²) in [6.45, 7) is 4.00. The quantitative estimate of drug-likeness (QED) is 0.175. The summed E-state index contributed by atoms with van der Waals surface area (Å²) in [6, 6.07) is 10.1. The molecule has 0 aliphatic rings. The molecule has 0 spiro atoms. The lowest BCUT2D eigenvalue weighted by Gasteiger charge is -2.10. The van der Waals surface area contributed by atoms with Crippen LogP contribution in [-0.2, 0) is 19.1 Å². The number of ether oxygens (including phenoxy) is 5. The summed E-state index contributed by atoms with van der Waals surface area (Å²) in [5.74, 6) is -1.35. The molecule has 0 aliphatic heterocycles. The van der Waals surface area contributed by atoms with Crippen LogP contribution in [0.3, 0.4) is 0 Å². The van der Waals surface area contributed by atoms with Crippen LogP contribution in [0.25, 0.3) is 0 Å². The van der Waals surface area contributed by atoms with E-state index in [2.05, 4.69) is 11.3 Å². The van der Waals surface area contributed by atoms with Gasteiger partial charge >= 0.3 is 17.9 Å². The lowest BCUT2D eigenvalue weighted by atomic mass is 10.2. The molecule has 9 nitrogen and oxygen atoms in total. The van der Waals surface area contributed by atoms with Gasteiger partial charge in [0.1, 0.15) is 22.8 Å². The Hall–Kier alpha value is -4.14. The average molecular weight is 428 g/mol. The number of esters is 3. The molecule has 31 heavy (non-hydrogen) atoms. The molecule has 0 radical (unpaired) electrons. The smallest absolute Gasteiger partial charge is 0.343 e. The number of carbonyl (C=O) groups is 4. The Labute approximate surface area is 178 Å². The van der Waals surface area contributed by atoms with E-state index in [9.17, 15) is 19.2 Å². The molecule has 0 aliphatic carbocycles. The fraction of sp³-hybridized carbons (Fsp3) is 0.182. The Morgan fingerprint density at radius 2 is 1.68 bits per heavy atom. The van der Waals surface area contributed by atoms with Gasteiger partial charge in [-0.3, -0.25) is 4.79 Å². The van der Waals surface area contributed by atoms with Crippen molar-refractivity contribution >= 4 is 24.4 Å². The monoisotopic (exact) mass is 428 g/mol. The average Bonchev–Trinajstić information content (AvgIpc) is 2.79. The molecule has 2 rings (SSSR count). The molecule has 0 unspecified atom stereocenters. The highest BCUT2D eigenvalue weighted by molar-refractivity contribution is 5.94. The first kappa shape index (κ1) is 23.1. The summed E-state index contributed by atoms with van der Waals surface area (Å²) in [5.41, 5.74) is 0.183. The molecule has 2 aromatic rings. The predicted octanol–water partition coefficient (Wildman–Crippen LogP) is 2.73. The number of rotatable bonds is 11. The molecular weight excluding hydrogens is 408 g/mol. The lowest BCUT2D eigenvalue weighted by Crippen LogP contribution is -2.10. The zero-order valence-electron chi connectivity index (χ0n) is 16.7. The Bertz CT molecular complexity index is 948. The first-order valence-corrected chi connectivity index (χ1v) is 9.05. The van der Waals surface area contributed by atoms with E-state index >= 15 is 0 Å². The van der Waals surface area contributed by atoms with Crippen molar-refractivity contribution < 1.29 is 42.9 Å². The Morgan fingerprint density at radius 1 is 0.968 bits per heavy atom. The SMILES string of the molecule is C=CC(=O)OCCCOc1ccc(C(=O)Oc2ccc(OC=O)c(C(=O)OC)c2)cc1. The summed E-state index contributed by atoms with van der Waals surface area (Å²) in [6.07, 6.45) is 1.58. The summed E-state index contributed by atoms with van der Waals surface area (Å²) in [4.78, 5) is 45.7. The van der Waals surface area contributed by atoms with E-state index in [1.165, 1.54) is 37.4 Å². The second-order valence-electron chi connectivity index (χ2n) is 5.85.